The fourth-order valence-corrected chi connectivity index (χ4v) is 3.86. The number of thiophene rings is 1. The zero-order valence-corrected chi connectivity index (χ0v) is 13.2. The summed E-state index contributed by atoms with van der Waals surface area (Å²) >= 11 is 1.57. The quantitative estimate of drug-likeness (QED) is 0.845. The van der Waals surface area contributed by atoms with Crippen LogP contribution in [-0.2, 0) is 16.6 Å². The second-order valence-corrected chi connectivity index (χ2v) is 7.45. The van der Waals surface area contributed by atoms with E-state index < -0.39 is 10.0 Å². The van der Waals surface area contributed by atoms with E-state index in [1.807, 2.05) is 19.1 Å². The zero-order valence-electron chi connectivity index (χ0n) is 11.6. The van der Waals surface area contributed by atoms with Crippen molar-refractivity contribution in [2.45, 2.75) is 18.4 Å². The number of hydrogen-bond acceptors (Lipinski definition) is 4. The smallest absolute Gasteiger partial charge is 0.242 e. The Hall–Kier alpha value is -1.65. The lowest BCUT2D eigenvalue weighted by Crippen LogP contribution is -2.23. The van der Waals surface area contributed by atoms with Gasteiger partial charge >= 0.3 is 0 Å². The van der Waals surface area contributed by atoms with Crippen LogP contribution in [0, 0.1) is 18.8 Å². The molecule has 0 bridgehead atoms. The van der Waals surface area contributed by atoms with Crippen LogP contribution in [0.1, 0.15) is 15.3 Å². The Kier molecular flexibility index (Phi) is 5.15. The first-order valence-corrected chi connectivity index (χ1v) is 8.66. The standard InChI is InChI=1S/C15H16N2O2S2/c1-12-8-9-14(20-12)11-17-21(18,19)15-7-3-2-5-13(15)6-4-10-16/h2-3,5,7-9,17H,10-11,16H2,1H3. The molecule has 1 aromatic heterocycles. The molecule has 0 saturated carbocycles. The lowest BCUT2D eigenvalue weighted by atomic mass is 10.2. The van der Waals surface area contributed by atoms with Gasteiger partial charge in [-0.1, -0.05) is 24.0 Å². The molecule has 4 nitrogen and oxygen atoms in total. The van der Waals surface area contributed by atoms with Crippen molar-refractivity contribution in [3.8, 4) is 11.8 Å². The SMILES string of the molecule is Cc1ccc(CNS(=O)(=O)c2ccccc2C#CCN)s1. The number of hydrogen-bond donors (Lipinski definition) is 2. The maximum Gasteiger partial charge on any atom is 0.242 e. The molecule has 0 fully saturated rings. The number of benzene rings is 1. The van der Waals surface area contributed by atoms with Gasteiger partial charge < -0.3 is 5.73 Å². The van der Waals surface area contributed by atoms with Gasteiger partial charge in [-0.3, -0.25) is 0 Å². The van der Waals surface area contributed by atoms with Crippen molar-refractivity contribution in [3.05, 3.63) is 51.7 Å². The molecule has 0 aliphatic heterocycles. The van der Waals surface area contributed by atoms with Gasteiger partial charge in [0.2, 0.25) is 10.0 Å². The molecule has 0 amide bonds. The largest absolute Gasteiger partial charge is 0.320 e. The predicted octanol–water partition coefficient (Wildman–Crippen LogP) is 1.85. The summed E-state index contributed by atoms with van der Waals surface area (Å²) in [5, 5.41) is 0. The highest BCUT2D eigenvalue weighted by molar-refractivity contribution is 7.89. The van der Waals surface area contributed by atoms with Crippen molar-refractivity contribution < 1.29 is 8.42 Å². The first kappa shape index (κ1) is 15.7. The van der Waals surface area contributed by atoms with Crippen molar-refractivity contribution >= 4 is 21.4 Å². The van der Waals surface area contributed by atoms with Gasteiger partial charge in [0.25, 0.3) is 0 Å². The topological polar surface area (TPSA) is 72.2 Å². The second kappa shape index (κ2) is 6.87. The molecule has 110 valence electrons. The molecule has 1 aromatic carbocycles. The molecule has 6 heteroatoms. The molecule has 0 spiro atoms. The highest BCUT2D eigenvalue weighted by atomic mass is 32.2. The van der Waals surface area contributed by atoms with E-state index in [-0.39, 0.29) is 18.0 Å². The molecule has 21 heavy (non-hydrogen) atoms. The van der Waals surface area contributed by atoms with Crippen molar-refractivity contribution in [1.82, 2.24) is 4.72 Å². The summed E-state index contributed by atoms with van der Waals surface area (Å²) in [5.41, 5.74) is 5.79. The molecule has 0 aliphatic carbocycles. The van der Waals surface area contributed by atoms with Crippen LogP contribution in [0.2, 0.25) is 0 Å². The van der Waals surface area contributed by atoms with Gasteiger partial charge in [-0.25, -0.2) is 13.1 Å². The summed E-state index contributed by atoms with van der Waals surface area (Å²) in [6.45, 7) is 2.45. The Morgan fingerprint density at radius 1 is 1.24 bits per heavy atom. The minimum absolute atomic E-state index is 0.180. The van der Waals surface area contributed by atoms with Crippen molar-refractivity contribution in [2.75, 3.05) is 6.54 Å². The second-order valence-electron chi connectivity index (χ2n) is 4.34. The normalized spacial score (nSPS) is 11.0. The molecular formula is C15H16N2O2S2. The summed E-state index contributed by atoms with van der Waals surface area (Å²) in [6.07, 6.45) is 0. The van der Waals surface area contributed by atoms with Crippen LogP contribution in [-0.4, -0.2) is 15.0 Å². The zero-order chi connectivity index (χ0) is 15.3. The molecule has 0 radical (unpaired) electrons. The minimum Gasteiger partial charge on any atom is -0.320 e. The Morgan fingerprint density at radius 2 is 2.00 bits per heavy atom. The molecule has 0 saturated heterocycles. The molecule has 2 aromatic rings. The predicted molar refractivity (Wildman–Crippen MR) is 85.5 cm³/mol. The third-order valence-corrected chi connectivity index (χ3v) is 5.19. The minimum atomic E-state index is -3.60. The molecule has 0 aliphatic rings. The Balaban J connectivity index is 2.23. The van der Waals surface area contributed by atoms with Crippen molar-refractivity contribution in [2.24, 2.45) is 5.73 Å². The van der Waals surface area contributed by atoms with Gasteiger partial charge in [-0.15, -0.1) is 11.3 Å². The van der Waals surface area contributed by atoms with Gasteiger partial charge in [0.05, 0.1) is 11.4 Å². The fraction of sp³-hybridized carbons (Fsp3) is 0.200. The van der Waals surface area contributed by atoms with Gasteiger partial charge in [0, 0.05) is 21.9 Å². The Labute approximate surface area is 129 Å². The molecule has 0 atom stereocenters. The summed E-state index contributed by atoms with van der Waals surface area (Å²) in [5.74, 6) is 5.47. The van der Waals surface area contributed by atoms with E-state index in [0.717, 1.165) is 9.75 Å². The van der Waals surface area contributed by atoms with Crippen LogP contribution in [0.5, 0.6) is 0 Å². The Morgan fingerprint density at radius 3 is 2.67 bits per heavy atom. The maximum atomic E-state index is 12.4. The van der Waals surface area contributed by atoms with E-state index in [9.17, 15) is 8.42 Å². The van der Waals surface area contributed by atoms with Crippen molar-refractivity contribution in [3.63, 3.8) is 0 Å². The van der Waals surface area contributed by atoms with E-state index in [1.54, 1.807) is 35.6 Å². The van der Waals surface area contributed by atoms with Crippen LogP contribution < -0.4 is 10.5 Å². The number of nitrogens with one attached hydrogen (secondary N) is 1. The van der Waals surface area contributed by atoms with Gasteiger partial charge in [0.1, 0.15) is 0 Å². The van der Waals surface area contributed by atoms with E-state index in [1.165, 1.54) is 0 Å². The third-order valence-electron chi connectivity index (χ3n) is 2.73. The van der Waals surface area contributed by atoms with E-state index in [0.29, 0.717) is 5.56 Å². The van der Waals surface area contributed by atoms with Gasteiger partial charge in [-0.2, -0.15) is 0 Å². The number of aryl methyl sites for hydroxylation is 1. The van der Waals surface area contributed by atoms with E-state index >= 15 is 0 Å². The van der Waals surface area contributed by atoms with E-state index in [4.69, 9.17) is 5.73 Å². The number of rotatable bonds is 4. The summed E-state index contributed by atoms with van der Waals surface area (Å²) in [7, 11) is -3.60. The van der Waals surface area contributed by atoms with Crippen molar-refractivity contribution in [1.29, 1.82) is 0 Å². The number of nitrogens with two attached hydrogens (primary N) is 1. The average molecular weight is 320 g/mol. The summed E-state index contributed by atoms with van der Waals surface area (Å²) in [4.78, 5) is 2.30. The fourth-order valence-electron chi connectivity index (χ4n) is 1.77. The lowest BCUT2D eigenvalue weighted by molar-refractivity contribution is 0.581. The number of sulfonamides is 1. The highest BCUT2D eigenvalue weighted by Crippen LogP contribution is 2.18. The first-order chi connectivity index (χ1) is 10.0. The van der Waals surface area contributed by atoms with Crippen LogP contribution >= 0.6 is 11.3 Å². The van der Waals surface area contributed by atoms with Crippen LogP contribution in [0.4, 0.5) is 0 Å². The summed E-state index contributed by atoms with van der Waals surface area (Å²) in [6, 6.07) is 10.5. The van der Waals surface area contributed by atoms with Gasteiger partial charge in [0.15, 0.2) is 0 Å². The monoisotopic (exact) mass is 320 g/mol. The maximum absolute atomic E-state index is 12.4. The molecule has 2 rings (SSSR count). The first-order valence-electron chi connectivity index (χ1n) is 6.36. The summed E-state index contributed by atoms with van der Waals surface area (Å²) < 4.78 is 27.4. The van der Waals surface area contributed by atoms with Crippen LogP contribution in [0.25, 0.3) is 0 Å². The molecular weight excluding hydrogens is 304 g/mol. The highest BCUT2D eigenvalue weighted by Gasteiger charge is 2.17. The molecule has 3 N–H and O–H groups in total. The molecule has 1 heterocycles. The van der Waals surface area contributed by atoms with E-state index in [2.05, 4.69) is 16.6 Å². The van der Waals surface area contributed by atoms with Crippen LogP contribution in [0.3, 0.4) is 0 Å². The lowest BCUT2D eigenvalue weighted by Gasteiger charge is -2.07. The van der Waals surface area contributed by atoms with Gasteiger partial charge in [-0.05, 0) is 31.2 Å². The Bertz CT molecular complexity index is 783. The molecule has 0 unspecified atom stereocenters. The van der Waals surface area contributed by atoms with Crippen LogP contribution in [0.15, 0.2) is 41.3 Å². The third kappa shape index (κ3) is 4.16. The average Bonchev–Trinajstić information content (AvgIpc) is 2.89.